The zero-order chi connectivity index (χ0) is 29.9. The molecule has 0 aliphatic carbocycles. The van der Waals surface area contributed by atoms with Gasteiger partial charge in [0.1, 0.15) is 12.2 Å². The van der Waals surface area contributed by atoms with Crippen LogP contribution in [0, 0.1) is 0 Å². The van der Waals surface area contributed by atoms with Gasteiger partial charge in [-0.05, 0) is 72.2 Å². The number of imidazole rings is 1. The van der Waals surface area contributed by atoms with Crippen LogP contribution >= 0.6 is 0 Å². The van der Waals surface area contributed by atoms with Crippen LogP contribution in [0.1, 0.15) is 70.3 Å². The summed E-state index contributed by atoms with van der Waals surface area (Å²) in [6.07, 6.45) is 3.20. The van der Waals surface area contributed by atoms with E-state index in [1.54, 1.807) is 6.33 Å². The van der Waals surface area contributed by atoms with E-state index in [-0.39, 0.29) is 29.1 Å². The van der Waals surface area contributed by atoms with Crippen LogP contribution in [0.5, 0.6) is 0 Å². The highest BCUT2D eigenvalue weighted by molar-refractivity contribution is 7.91. The standard InChI is InChI=1S/C33H41N3O4S/c1-8-19-41(38,39)22-36(23(3)9-2)26-17-18-29-30(20-26)35(21-34-29)25-15-13-24(14-16-25)27-11-10-12-28(33(4,5)6)31(27)32(37)40-7/h10-18,20-21,23H,8-9,19,22H2,1-7H3. The van der Waals surface area contributed by atoms with Crippen LogP contribution in [-0.2, 0) is 20.0 Å². The molecule has 3 aromatic carbocycles. The molecule has 0 aliphatic rings. The van der Waals surface area contributed by atoms with Crippen molar-refractivity contribution in [2.24, 2.45) is 0 Å². The predicted octanol–water partition coefficient (Wildman–Crippen LogP) is 7.16. The van der Waals surface area contributed by atoms with E-state index in [0.29, 0.717) is 12.0 Å². The molecular weight excluding hydrogens is 534 g/mol. The molecule has 7 nitrogen and oxygen atoms in total. The number of carbonyl (C=O) groups is 1. The van der Waals surface area contributed by atoms with Gasteiger partial charge in [-0.2, -0.15) is 0 Å². The largest absolute Gasteiger partial charge is 0.465 e. The summed E-state index contributed by atoms with van der Waals surface area (Å²) in [5.74, 6) is -0.196. The van der Waals surface area contributed by atoms with E-state index in [4.69, 9.17) is 4.74 Å². The minimum absolute atomic E-state index is 0.0135. The molecule has 41 heavy (non-hydrogen) atoms. The van der Waals surface area contributed by atoms with Gasteiger partial charge < -0.3 is 9.64 Å². The van der Waals surface area contributed by atoms with Crippen molar-refractivity contribution in [3.8, 4) is 16.8 Å². The van der Waals surface area contributed by atoms with Crippen molar-refractivity contribution in [1.29, 1.82) is 0 Å². The molecule has 0 bridgehead atoms. The number of esters is 1. The van der Waals surface area contributed by atoms with Gasteiger partial charge in [0.05, 0.1) is 29.5 Å². The third kappa shape index (κ3) is 6.48. The Hall–Kier alpha value is -3.65. The molecule has 1 heterocycles. The van der Waals surface area contributed by atoms with Gasteiger partial charge in [-0.15, -0.1) is 0 Å². The van der Waals surface area contributed by atoms with E-state index in [0.717, 1.165) is 45.5 Å². The molecule has 1 aromatic heterocycles. The number of hydrogen-bond donors (Lipinski definition) is 0. The average Bonchev–Trinajstić information content (AvgIpc) is 3.37. The van der Waals surface area contributed by atoms with E-state index in [2.05, 4.69) is 39.6 Å². The van der Waals surface area contributed by atoms with Crippen molar-refractivity contribution in [1.82, 2.24) is 9.55 Å². The summed E-state index contributed by atoms with van der Waals surface area (Å²) in [5.41, 5.74) is 6.50. The lowest BCUT2D eigenvalue weighted by molar-refractivity contribution is 0.0599. The van der Waals surface area contributed by atoms with Crippen LogP contribution < -0.4 is 4.90 Å². The Morgan fingerprint density at radius 3 is 2.37 bits per heavy atom. The first kappa shape index (κ1) is 30.3. The Morgan fingerprint density at radius 1 is 1.05 bits per heavy atom. The number of anilines is 1. The lowest BCUT2D eigenvalue weighted by Crippen LogP contribution is -2.38. The van der Waals surface area contributed by atoms with Gasteiger partial charge >= 0.3 is 5.97 Å². The maximum atomic E-state index is 12.9. The molecule has 0 fully saturated rings. The maximum absolute atomic E-state index is 12.9. The molecule has 0 radical (unpaired) electrons. The number of hydrogen-bond acceptors (Lipinski definition) is 6. The second-order valence-electron chi connectivity index (χ2n) is 11.6. The zero-order valence-corrected chi connectivity index (χ0v) is 26.0. The normalized spacial score (nSPS) is 12.9. The van der Waals surface area contributed by atoms with Crippen molar-refractivity contribution in [3.63, 3.8) is 0 Å². The van der Waals surface area contributed by atoms with E-state index >= 15 is 0 Å². The molecule has 1 unspecified atom stereocenters. The highest BCUT2D eigenvalue weighted by Gasteiger charge is 2.26. The van der Waals surface area contributed by atoms with Crippen molar-refractivity contribution >= 4 is 32.5 Å². The van der Waals surface area contributed by atoms with Gasteiger partial charge in [0, 0.05) is 17.4 Å². The Kier molecular flexibility index (Phi) is 8.92. The number of benzene rings is 3. The van der Waals surface area contributed by atoms with E-state index < -0.39 is 9.84 Å². The summed E-state index contributed by atoms with van der Waals surface area (Å²) < 4.78 is 32.7. The topological polar surface area (TPSA) is 81.5 Å². The molecule has 4 aromatic rings. The molecule has 218 valence electrons. The quantitative estimate of drug-likeness (QED) is 0.187. The summed E-state index contributed by atoms with van der Waals surface area (Å²) in [5, 5.41) is 0. The minimum atomic E-state index is -3.22. The molecule has 0 amide bonds. The first-order valence-electron chi connectivity index (χ1n) is 14.2. The summed E-state index contributed by atoms with van der Waals surface area (Å²) in [4.78, 5) is 19.4. The fourth-order valence-electron chi connectivity index (χ4n) is 5.19. The molecule has 0 N–H and O–H groups in total. The van der Waals surface area contributed by atoms with Gasteiger partial charge in [-0.1, -0.05) is 65.0 Å². The fraction of sp³-hybridized carbons (Fsp3) is 0.394. The molecule has 0 saturated heterocycles. The number of rotatable bonds is 10. The first-order valence-corrected chi connectivity index (χ1v) is 16.0. The lowest BCUT2D eigenvalue weighted by Gasteiger charge is -2.30. The number of ether oxygens (including phenoxy) is 1. The summed E-state index contributed by atoms with van der Waals surface area (Å²) >= 11 is 0. The Morgan fingerprint density at radius 2 is 1.76 bits per heavy atom. The van der Waals surface area contributed by atoms with Crippen LogP contribution in [0.25, 0.3) is 27.8 Å². The predicted molar refractivity (Wildman–Crippen MR) is 168 cm³/mol. The molecule has 0 aliphatic heterocycles. The molecule has 0 saturated carbocycles. The van der Waals surface area contributed by atoms with Crippen molar-refractivity contribution < 1.29 is 17.9 Å². The zero-order valence-electron chi connectivity index (χ0n) is 25.1. The van der Waals surface area contributed by atoms with Gasteiger partial charge in [-0.3, -0.25) is 4.57 Å². The number of nitrogens with zero attached hydrogens (tertiary/aromatic N) is 3. The molecule has 1 atom stereocenters. The number of aromatic nitrogens is 2. The smallest absolute Gasteiger partial charge is 0.338 e. The van der Waals surface area contributed by atoms with Gasteiger partial charge in [-0.25, -0.2) is 18.2 Å². The van der Waals surface area contributed by atoms with E-state index in [1.165, 1.54) is 7.11 Å². The van der Waals surface area contributed by atoms with Crippen LogP contribution in [0.3, 0.4) is 0 Å². The van der Waals surface area contributed by atoms with E-state index in [1.807, 2.05) is 77.1 Å². The summed E-state index contributed by atoms with van der Waals surface area (Å²) in [6, 6.07) is 19.9. The minimum Gasteiger partial charge on any atom is -0.465 e. The molecule has 0 spiro atoms. The van der Waals surface area contributed by atoms with Crippen molar-refractivity contribution in [3.05, 3.63) is 78.1 Å². The highest BCUT2D eigenvalue weighted by Crippen LogP contribution is 2.34. The van der Waals surface area contributed by atoms with E-state index in [9.17, 15) is 13.2 Å². The number of fused-ring (bicyclic) bond motifs is 1. The Balaban J connectivity index is 1.75. The van der Waals surface area contributed by atoms with Crippen LogP contribution in [-0.4, -0.2) is 48.7 Å². The maximum Gasteiger partial charge on any atom is 0.338 e. The first-order chi connectivity index (χ1) is 19.4. The Bertz CT molecular complexity index is 1630. The summed E-state index contributed by atoms with van der Waals surface area (Å²) in [7, 11) is -1.81. The highest BCUT2D eigenvalue weighted by atomic mass is 32.2. The SMILES string of the molecule is CCCS(=O)(=O)CN(c1ccc2ncn(-c3ccc(-c4cccc(C(C)(C)C)c4C(=O)OC)cc3)c2c1)C(C)CC. The van der Waals surface area contributed by atoms with Gasteiger partial charge in [0.25, 0.3) is 0 Å². The number of sulfone groups is 1. The van der Waals surface area contributed by atoms with Crippen LogP contribution in [0.15, 0.2) is 67.0 Å². The second-order valence-corrected chi connectivity index (χ2v) is 13.8. The second kappa shape index (κ2) is 12.1. The van der Waals surface area contributed by atoms with Gasteiger partial charge in [0.2, 0.25) is 0 Å². The van der Waals surface area contributed by atoms with Crippen LogP contribution in [0.2, 0.25) is 0 Å². The van der Waals surface area contributed by atoms with Crippen molar-refractivity contribution in [2.75, 3.05) is 23.6 Å². The van der Waals surface area contributed by atoms with Gasteiger partial charge in [0.15, 0.2) is 9.84 Å². The fourth-order valence-corrected chi connectivity index (χ4v) is 6.76. The average molecular weight is 576 g/mol. The third-order valence-corrected chi connectivity index (χ3v) is 9.26. The summed E-state index contributed by atoms with van der Waals surface area (Å²) in [6.45, 7) is 12.3. The monoisotopic (exact) mass is 575 g/mol. The molecule has 8 heteroatoms. The Labute approximate surface area is 244 Å². The third-order valence-electron chi connectivity index (χ3n) is 7.55. The molecular formula is C33H41N3O4S. The van der Waals surface area contributed by atoms with Crippen molar-refractivity contribution in [2.45, 2.75) is 65.8 Å². The number of carbonyl (C=O) groups excluding carboxylic acids is 1. The van der Waals surface area contributed by atoms with Crippen LogP contribution in [0.4, 0.5) is 5.69 Å². The number of methoxy groups -OCH3 is 1. The lowest BCUT2D eigenvalue weighted by atomic mass is 9.81. The molecule has 4 rings (SSSR count).